The molecule has 3 aromatic rings. The summed E-state index contributed by atoms with van der Waals surface area (Å²) in [5.74, 6) is -1.19. The highest BCUT2D eigenvalue weighted by atomic mass is 19.4. The maximum atomic E-state index is 13.6. The molecule has 0 spiro atoms. The van der Waals surface area contributed by atoms with Crippen LogP contribution in [0.3, 0.4) is 0 Å². The molecule has 4 nitrogen and oxygen atoms in total. The number of carbonyl (C=O) groups excluding carboxylic acids is 1. The maximum absolute atomic E-state index is 13.6. The number of carbonyl (C=O) groups is 1. The summed E-state index contributed by atoms with van der Waals surface area (Å²) in [6.07, 6.45) is -4.24. The van der Waals surface area contributed by atoms with Crippen LogP contribution in [0.4, 0.5) is 28.9 Å². The van der Waals surface area contributed by atoms with Crippen LogP contribution in [0.2, 0.25) is 0 Å². The fraction of sp³-hybridized carbons (Fsp3) is 0.296. The topological polar surface area (TPSA) is 35.6 Å². The quantitative estimate of drug-likeness (QED) is 0.529. The molecule has 182 valence electrons. The minimum absolute atomic E-state index is 0.150. The molecule has 2 aliphatic rings. The van der Waals surface area contributed by atoms with Gasteiger partial charge in [0.25, 0.3) is 0 Å². The molecule has 0 bridgehead atoms. The SMILES string of the molecule is O=C(NCc1cccc(F)c1)C1Cc2cc(C(F)(F)F)ccc2N2CCN(c3ccccc3)CC12. The highest BCUT2D eigenvalue weighted by Gasteiger charge is 2.42. The van der Waals surface area contributed by atoms with Crippen LogP contribution in [0, 0.1) is 11.7 Å². The third-order valence-corrected chi connectivity index (χ3v) is 6.85. The van der Waals surface area contributed by atoms with Gasteiger partial charge in [-0.25, -0.2) is 4.39 Å². The largest absolute Gasteiger partial charge is 0.416 e. The zero-order valence-electron chi connectivity index (χ0n) is 18.9. The van der Waals surface area contributed by atoms with E-state index in [4.69, 9.17) is 0 Å². The third kappa shape index (κ3) is 4.83. The van der Waals surface area contributed by atoms with E-state index in [2.05, 4.69) is 15.1 Å². The van der Waals surface area contributed by atoms with Gasteiger partial charge in [-0.05, 0) is 60.0 Å². The van der Waals surface area contributed by atoms with E-state index in [9.17, 15) is 22.4 Å². The molecule has 0 saturated carbocycles. The number of amides is 1. The molecule has 2 unspecified atom stereocenters. The van der Waals surface area contributed by atoms with Crippen molar-refractivity contribution in [3.8, 4) is 0 Å². The van der Waals surface area contributed by atoms with E-state index >= 15 is 0 Å². The first-order chi connectivity index (χ1) is 16.8. The van der Waals surface area contributed by atoms with Crippen molar-refractivity contribution in [3.05, 3.63) is 95.3 Å². The predicted octanol–water partition coefficient (Wildman–Crippen LogP) is 5.03. The minimum Gasteiger partial charge on any atom is -0.368 e. The molecule has 2 heterocycles. The van der Waals surface area contributed by atoms with Crippen molar-refractivity contribution in [3.63, 3.8) is 0 Å². The summed E-state index contributed by atoms with van der Waals surface area (Å²) in [5.41, 5.74) is 2.24. The first-order valence-electron chi connectivity index (χ1n) is 11.6. The molecule has 0 aliphatic carbocycles. The summed E-state index contributed by atoms with van der Waals surface area (Å²) >= 11 is 0. The van der Waals surface area contributed by atoms with Crippen LogP contribution in [-0.2, 0) is 23.9 Å². The van der Waals surface area contributed by atoms with Gasteiger partial charge in [0.05, 0.1) is 17.5 Å². The van der Waals surface area contributed by atoms with Gasteiger partial charge in [-0.15, -0.1) is 0 Å². The number of fused-ring (bicyclic) bond motifs is 3. The number of alkyl halides is 3. The molecule has 35 heavy (non-hydrogen) atoms. The van der Waals surface area contributed by atoms with E-state index in [1.807, 2.05) is 30.3 Å². The van der Waals surface area contributed by atoms with Crippen LogP contribution in [0.15, 0.2) is 72.8 Å². The molecule has 2 atom stereocenters. The molecular formula is C27H25F4N3O. The van der Waals surface area contributed by atoms with Crippen molar-refractivity contribution >= 4 is 17.3 Å². The second kappa shape index (κ2) is 9.24. The predicted molar refractivity (Wildman–Crippen MR) is 127 cm³/mol. The number of anilines is 2. The van der Waals surface area contributed by atoms with Crippen LogP contribution in [0.25, 0.3) is 0 Å². The van der Waals surface area contributed by atoms with Gasteiger partial charge in [0.15, 0.2) is 0 Å². The normalized spacial score (nSPS) is 19.7. The van der Waals surface area contributed by atoms with Gasteiger partial charge >= 0.3 is 6.18 Å². The van der Waals surface area contributed by atoms with E-state index in [-0.39, 0.29) is 30.7 Å². The lowest BCUT2D eigenvalue weighted by Gasteiger charge is -2.49. The summed E-state index contributed by atoms with van der Waals surface area (Å²) in [6, 6.07) is 19.5. The van der Waals surface area contributed by atoms with Gasteiger partial charge in [-0.1, -0.05) is 30.3 Å². The molecule has 1 amide bonds. The summed E-state index contributed by atoms with van der Waals surface area (Å²) < 4.78 is 53.7. The van der Waals surface area contributed by atoms with Crippen LogP contribution in [0.1, 0.15) is 16.7 Å². The van der Waals surface area contributed by atoms with Gasteiger partial charge in [0, 0.05) is 37.6 Å². The van der Waals surface area contributed by atoms with E-state index < -0.39 is 17.7 Å². The molecule has 1 saturated heterocycles. The standard InChI is InChI=1S/C27H25F4N3O/c28-21-6-4-5-18(13-21)16-32-26(35)23-15-19-14-20(27(29,30)31)9-10-24(19)34-12-11-33(17-25(23)34)22-7-2-1-3-8-22/h1-10,13-14,23,25H,11-12,15-17H2,(H,32,35). The number of hydrogen-bond donors (Lipinski definition) is 1. The Balaban J connectivity index is 1.44. The number of benzene rings is 3. The van der Waals surface area contributed by atoms with E-state index in [1.54, 1.807) is 12.1 Å². The van der Waals surface area contributed by atoms with Crippen LogP contribution < -0.4 is 15.1 Å². The Morgan fingerprint density at radius 2 is 1.77 bits per heavy atom. The van der Waals surface area contributed by atoms with Crippen molar-refractivity contribution in [2.75, 3.05) is 29.4 Å². The van der Waals surface area contributed by atoms with Crippen molar-refractivity contribution in [1.82, 2.24) is 5.32 Å². The van der Waals surface area contributed by atoms with Crippen LogP contribution in [0.5, 0.6) is 0 Å². The van der Waals surface area contributed by atoms with Gasteiger partial charge in [-0.3, -0.25) is 4.79 Å². The summed E-state index contributed by atoms with van der Waals surface area (Å²) in [5, 5.41) is 2.89. The van der Waals surface area contributed by atoms with Gasteiger partial charge in [0.2, 0.25) is 5.91 Å². The molecule has 1 fully saturated rings. The number of nitrogens with zero attached hydrogens (tertiary/aromatic N) is 2. The Bertz CT molecular complexity index is 1210. The first-order valence-corrected chi connectivity index (χ1v) is 11.6. The molecule has 8 heteroatoms. The zero-order chi connectivity index (χ0) is 24.6. The van der Waals surface area contributed by atoms with Gasteiger partial charge in [-0.2, -0.15) is 13.2 Å². The van der Waals surface area contributed by atoms with Crippen molar-refractivity contribution in [2.24, 2.45) is 5.92 Å². The average Bonchev–Trinajstić information content (AvgIpc) is 2.86. The first kappa shape index (κ1) is 23.2. The third-order valence-electron chi connectivity index (χ3n) is 6.85. The number of halogens is 4. The number of para-hydroxylation sites is 1. The fourth-order valence-corrected chi connectivity index (χ4v) is 5.14. The Morgan fingerprint density at radius 1 is 0.971 bits per heavy atom. The Hall–Kier alpha value is -3.55. The second-order valence-electron chi connectivity index (χ2n) is 9.04. The molecule has 1 N–H and O–H groups in total. The van der Waals surface area contributed by atoms with E-state index in [0.717, 1.165) is 17.4 Å². The molecular weight excluding hydrogens is 458 g/mol. The Morgan fingerprint density at radius 3 is 2.51 bits per heavy atom. The minimum atomic E-state index is -4.45. The van der Waals surface area contributed by atoms with Crippen molar-refractivity contribution in [1.29, 1.82) is 0 Å². The number of rotatable bonds is 4. The van der Waals surface area contributed by atoms with Gasteiger partial charge < -0.3 is 15.1 Å². The Kier molecular flexibility index (Phi) is 6.13. The smallest absolute Gasteiger partial charge is 0.368 e. The highest BCUT2D eigenvalue weighted by Crippen LogP contribution is 2.40. The van der Waals surface area contributed by atoms with E-state index in [1.165, 1.54) is 24.3 Å². The maximum Gasteiger partial charge on any atom is 0.416 e. The number of piperazine rings is 1. The lowest BCUT2D eigenvalue weighted by molar-refractivity contribution is -0.137. The second-order valence-corrected chi connectivity index (χ2v) is 9.04. The lowest BCUT2D eigenvalue weighted by atomic mass is 9.82. The molecule has 5 rings (SSSR count). The lowest BCUT2D eigenvalue weighted by Crippen LogP contribution is -2.61. The van der Waals surface area contributed by atoms with Crippen LogP contribution >= 0.6 is 0 Å². The summed E-state index contributed by atoms with van der Waals surface area (Å²) in [4.78, 5) is 17.7. The van der Waals surface area contributed by atoms with Crippen LogP contribution in [-0.4, -0.2) is 31.6 Å². The molecule has 3 aromatic carbocycles. The zero-order valence-corrected chi connectivity index (χ0v) is 18.9. The Labute approximate surface area is 201 Å². The summed E-state index contributed by atoms with van der Waals surface area (Å²) in [7, 11) is 0. The number of hydrogen-bond acceptors (Lipinski definition) is 3. The monoisotopic (exact) mass is 483 g/mol. The fourth-order valence-electron chi connectivity index (χ4n) is 5.14. The molecule has 2 aliphatic heterocycles. The van der Waals surface area contributed by atoms with Crippen molar-refractivity contribution in [2.45, 2.75) is 25.2 Å². The molecule has 0 radical (unpaired) electrons. The summed E-state index contributed by atoms with van der Waals surface area (Å²) in [6.45, 7) is 2.00. The van der Waals surface area contributed by atoms with E-state index in [0.29, 0.717) is 30.8 Å². The van der Waals surface area contributed by atoms with Crippen molar-refractivity contribution < 1.29 is 22.4 Å². The van der Waals surface area contributed by atoms with Gasteiger partial charge in [0.1, 0.15) is 5.82 Å². The molecule has 0 aromatic heterocycles. The highest BCUT2D eigenvalue weighted by molar-refractivity contribution is 5.82. The number of nitrogens with one attached hydrogen (secondary N) is 1. The average molecular weight is 484 g/mol.